The molecule has 0 radical (unpaired) electrons. The Morgan fingerprint density at radius 3 is 1.72 bits per heavy atom. The van der Waals surface area contributed by atoms with Crippen LogP contribution < -0.4 is 0 Å². The number of hydrogen-bond donors (Lipinski definition) is 2. The lowest BCUT2D eigenvalue weighted by Gasteiger charge is -2.18. The molecule has 200 valence electrons. The zero-order chi connectivity index (χ0) is 27.6. The second-order valence-corrected chi connectivity index (χ2v) is 12.3. The minimum Gasteiger partial charge on any atom is -0.427 e. The van der Waals surface area contributed by atoms with Crippen LogP contribution in [0.1, 0.15) is 100 Å². The van der Waals surface area contributed by atoms with E-state index < -0.39 is 0 Å². The third-order valence-corrected chi connectivity index (χ3v) is 4.57. The lowest BCUT2D eigenvalue weighted by atomic mass is 9.90. The van der Waals surface area contributed by atoms with Gasteiger partial charge in [-0.25, -0.2) is 0 Å². The summed E-state index contributed by atoms with van der Waals surface area (Å²) in [6.07, 6.45) is 8.91. The number of aromatic nitrogens is 10. The van der Waals surface area contributed by atoms with Gasteiger partial charge in [-0.2, -0.15) is 15.4 Å². The number of H-pyrrole nitrogens is 2. The molecule has 0 aromatic carbocycles. The molecule has 4 heterocycles. The quantitative estimate of drug-likeness (QED) is 0.335. The third-order valence-electron chi connectivity index (χ3n) is 4.57. The fraction of sp³-hybridized carbons (Fsp3) is 0.640. The summed E-state index contributed by atoms with van der Waals surface area (Å²) >= 11 is 0. The van der Waals surface area contributed by atoms with Gasteiger partial charge in [-0.15, -0.1) is 20.4 Å². The number of hydrogen-bond acceptors (Lipinski definition) is 8. The number of nitrogens with zero attached hydrogens (tertiary/aromatic N) is 8. The number of aromatic amines is 2. The summed E-state index contributed by atoms with van der Waals surface area (Å²) in [5, 5.41) is 31.6. The van der Waals surface area contributed by atoms with Gasteiger partial charge < -0.3 is 4.42 Å². The molecule has 0 aliphatic carbocycles. The third kappa shape index (κ3) is 11.4. The van der Waals surface area contributed by atoms with Crippen LogP contribution in [0, 0.1) is 0 Å². The number of tetrazole rings is 1. The standard InChI is InChI=1S/2C7H12N2.C6H10N2O.C5H10N4/c1-7(2,3)6-4-8-9-5-6;1-7(2,3)9-6-4-5-8-9;1-6(2,3)5-8-7-4-9-5;1-5(2,3)4-6-8-9-7-4/h4-5H,1-3H3,(H,8,9);4-6H,1-3H3;4H,1-3H3;1-3H3,(H,6,7,8,9). The van der Waals surface area contributed by atoms with Crippen molar-refractivity contribution >= 4 is 0 Å². The Kier molecular flexibility index (Phi) is 10.7. The monoisotopic (exact) mass is 500 g/mol. The summed E-state index contributed by atoms with van der Waals surface area (Å²) in [5.41, 5.74) is 1.60. The van der Waals surface area contributed by atoms with Crippen LogP contribution >= 0.6 is 0 Å². The van der Waals surface area contributed by atoms with Crippen molar-refractivity contribution in [3.8, 4) is 0 Å². The van der Waals surface area contributed by atoms with Gasteiger partial charge in [0, 0.05) is 29.4 Å². The normalized spacial score (nSPS) is 11.9. The Hall–Kier alpha value is -3.37. The van der Waals surface area contributed by atoms with Gasteiger partial charge >= 0.3 is 0 Å². The molecule has 2 N–H and O–H groups in total. The maximum Gasteiger partial charge on any atom is 0.221 e. The molecule has 36 heavy (non-hydrogen) atoms. The highest BCUT2D eigenvalue weighted by molar-refractivity contribution is 5.13. The predicted molar refractivity (Wildman–Crippen MR) is 140 cm³/mol. The summed E-state index contributed by atoms with van der Waals surface area (Å²) in [7, 11) is 0. The number of rotatable bonds is 0. The smallest absolute Gasteiger partial charge is 0.221 e. The van der Waals surface area contributed by atoms with E-state index in [1.54, 1.807) is 6.20 Å². The molecule has 0 spiro atoms. The Bertz CT molecular complexity index is 863. The van der Waals surface area contributed by atoms with E-state index in [1.807, 2.05) is 70.9 Å². The van der Waals surface area contributed by atoms with E-state index in [2.05, 4.69) is 87.7 Å². The second-order valence-electron chi connectivity index (χ2n) is 12.3. The van der Waals surface area contributed by atoms with Gasteiger partial charge in [-0.05, 0) is 37.8 Å². The van der Waals surface area contributed by atoms with Crippen LogP contribution in [0.15, 0.2) is 41.7 Å². The molecule has 11 nitrogen and oxygen atoms in total. The Labute approximate surface area is 214 Å². The predicted octanol–water partition coefficient (Wildman–Crippen LogP) is 5.21. The van der Waals surface area contributed by atoms with Crippen LogP contribution in [0.4, 0.5) is 0 Å². The largest absolute Gasteiger partial charge is 0.427 e. The van der Waals surface area contributed by atoms with Gasteiger partial charge in [0.25, 0.3) is 0 Å². The Morgan fingerprint density at radius 2 is 1.50 bits per heavy atom. The summed E-state index contributed by atoms with van der Waals surface area (Å²) in [6.45, 7) is 25.1. The van der Waals surface area contributed by atoms with Crippen LogP contribution in [0.2, 0.25) is 0 Å². The van der Waals surface area contributed by atoms with Crippen molar-refractivity contribution < 1.29 is 4.42 Å². The lowest BCUT2D eigenvalue weighted by Crippen LogP contribution is -2.21. The van der Waals surface area contributed by atoms with Crippen molar-refractivity contribution in [1.82, 2.24) is 50.8 Å². The Morgan fingerprint density at radius 1 is 0.833 bits per heavy atom. The fourth-order valence-corrected chi connectivity index (χ4v) is 2.31. The molecule has 4 aromatic rings. The molecule has 0 unspecified atom stereocenters. The molecule has 0 aliphatic rings. The topological polar surface area (TPSA) is 140 Å². The van der Waals surface area contributed by atoms with Crippen LogP contribution in [0.3, 0.4) is 0 Å². The summed E-state index contributed by atoms with van der Waals surface area (Å²) in [6, 6.07) is 1.94. The molecule has 0 fully saturated rings. The average molecular weight is 501 g/mol. The van der Waals surface area contributed by atoms with Gasteiger partial charge in [0.2, 0.25) is 12.3 Å². The zero-order valence-electron chi connectivity index (χ0n) is 24.0. The summed E-state index contributed by atoms with van der Waals surface area (Å²) in [4.78, 5) is 0. The Balaban J connectivity index is 0.000000240. The van der Waals surface area contributed by atoms with Crippen LogP contribution in [0.25, 0.3) is 0 Å². The van der Waals surface area contributed by atoms with Crippen molar-refractivity contribution in [1.29, 1.82) is 0 Å². The van der Waals surface area contributed by atoms with Crippen molar-refractivity contribution in [3.05, 3.63) is 54.5 Å². The molecular weight excluding hydrogens is 456 g/mol. The molecule has 0 saturated heterocycles. The molecule has 0 bridgehead atoms. The average Bonchev–Trinajstić information content (AvgIpc) is 3.57. The first-order chi connectivity index (χ1) is 16.4. The maximum absolute atomic E-state index is 4.98. The van der Waals surface area contributed by atoms with Crippen molar-refractivity contribution in [2.75, 3.05) is 0 Å². The zero-order valence-corrected chi connectivity index (χ0v) is 24.0. The van der Waals surface area contributed by atoms with Gasteiger partial charge in [0.15, 0.2) is 5.82 Å². The van der Waals surface area contributed by atoms with E-state index in [1.165, 1.54) is 12.0 Å². The number of nitrogens with one attached hydrogen (secondary N) is 2. The first kappa shape index (κ1) is 30.7. The van der Waals surface area contributed by atoms with Crippen molar-refractivity contribution in [3.63, 3.8) is 0 Å². The van der Waals surface area contributed by atoms with Gasteiger partial charge in [0.05, 0.1) is 11.7 Å². The highest BCUT2D eigenvalue weighted by Crippen LogP contribution is 2.19. The van der Waals surface area contributed by atoms with E-state index >= 15 is 0 Å². The lowest BCUT2D eigenvalue weighted by molar-refractivity contribution is 0.355. The molecule has 0 aliphatic heterocycles. The molecule has 4 aromatic heterocycles. The van der Waals surface area contributed by atoms with E-state index in [0.29, 0.717) is 5.89 Å². The highest BCUT2D eigenvalue weighted by atomic mass is 16.4. The highest BCUT2D eigenvalue weighted by Gasteiger charge is 2.19. The van der Waals surface area contributed by atoms with Crippen molar-refractivity contribution in [2.45, 2.75) is 105 Å². The molecule has 0 atom stereocenters. The SMILES string of the molecule is CC(C)(C)c1cn[nH]c1.CC(C)(C)c1nn[nH]n1.CC(C)(C)c1nnco1.CC(C)(C)n1cccn1. The van der Waals surface area contributed by atoms with Gasteiger partial charge in [0.1, 0.15) is 0 Å². The van der Waals surface area contributed by atoms with E-state index in [-0.39, 0.29) is 21.8 Å². The van der Waals surface area contributed by atoms with E-state index in [0.717, 1.165) is 5.82 Å². The first-order valence-electron chi connectivity index (χ1n) is 11.9. The summed E-state index contributed by atoms with van der Waals surface area (Å²) in [5.74, 6) is 1.44. The summed E-state index contributed by atoms with van der Waals surface area (Å²) < 4.78 is 6.91. The van der Waals surface area contributed by atoms with Crippen LogP contribution in [0.5, 0.6) is 0 Å². The van der Waals surface area contributed by atoms with E-state index in [4.69, 9.17) is 4.42 Å². The second kappa shape index (κ2) is 12.5. The van der Waals surface area contributed by atoms with Gasteiger partial charge in [-0.1, -0.05) is 67.5 Å². The minimum atomic E-state index is -0.0174. The first-order valence-corrected chi connectivity index (χ1v) is 11.9. The molecular formula is C25H44N10O. The van der Waals surface area contributed by atoms with Crippen LogP contribution in [-0.2, 0) is 21.8 Å². The van der Waals surface area contributed by atoms with Gasteiger partial charge in [-0.3, -0.25) is 9.78 Å². The fourth-order valence-electron chi connectivity index (χ4n) is 2.31. The molecule has 4 rings (SSSR count). The van der Waals surface area contributed by atoms with Crippen LogP contribution in [-0.4, -0.2) is 50.8 Å². The molecule has 0 amide bonds. The molecule has 11 heteroatoms. The minimum absolute atomic E-state index is 0.00694. The van der Waals surface area contributed by atoms with Crippen molar-refractivity contribution in [2.24, 2.45) is 0 Å². The van der Waals surface area contributed by atoms with E-state index in [9.17, 15) is 0 Å². The molecule has 0 saturated carbocycles. The maximum atomic E-state index is 4.98.